The Bertz CT molecular complexity index is 623. The van der Waals surface area contributed by atoms with Gasteiger partial charge < -0.3 is 5.11 Å². The lowest BCUT2D eigenvalue weighted by Gasteiger charge is -2.11. The molecule has 4 heteroatoms. The van der Waals surface area contributed by atoms with Crippen molar-refractivity contribution in [2.75, 3.05) is 7.05 Å². The maximum Gasteiger partial charge on any atom is 0.159 e. The molecule has 2 rings (SSSR count). The number of nitrogens with one attached hydrogen (secondary N) is 1. The number of carbonyl (C=O) groups excluding carboxylic acids is 1. The van der Waals surface area contributed by atoms with E-state index in [4.69, 9.17) is 0 Å². The lowest BCUT2D eigenvalue weighted by Crippen LogP contribution is -2.14. The van der Waals surface area contributed by atoms with Gasteiger partial charge in [-0.2, -0.15) is 0 Å². The van der Waals surface area contributed by atoms with Gasteiger partial charge in [-0.25, -0.2) is 4.39 Å². The van der Waals surface area contributed by atoms with Gasteiger partial charge in [0.05, 0.1) is 0 Å². The molecule has 0 amide bonds. The number of rotatable bonds is 4. The first-order valence-corrected chi connectivity index (χ1v) is 6.29. The smallest absolute Gasteiger partial charge is 0.159 e. The topological polar surface area (TPSA) is 49.3 Å². The zero-order valence-corrected chi connectivity index (χ0v) is 11.4. The summed E-state index contributed by atoms with van der Waals surface area (Å²) in [4.78, 5) is 11.4. The third-order valence-electron chi connectivity index (χ3n) is 3.18. The number of aliphatic hydroxyl groups is 1. The molecular formula is C16H16FNO2. The average molecular weight is 273 g/mol. The van der Waals surface area contributed by atoms with Crippen LogP contribution in [-0.4, -0.2) is 17.9 Å². The van der Waals surface area contributed by atoms with E-state index < -0.39 is 6.23 Å². The molecule has 104 valence electrons. The minimum Gasteiger partial charge on any atom is -0.374 e. The summed E-state index contributed by atoms with van der Waals surface area (Å²) in [6.45, 7) is 1.45. The first-order valence-electron chi connectivity index (χ1n) is 6.29. The van der Waals surface area contributed by atoms with Crippen LogP contribution in [0.3, 0.4) is 0 Å². The number of carbonyl (C=O) groups is 1. The molecule has 0 radical (unpaired) electrons. The SMILES string of the molecule is CNC(O)c1ccc(-c2cc(C(C)=O)ccc2F)cc1. The molecule has 20 heavy (non-hydrogen) atoms. The molecule has 2 N–H and O–H groups in total. The van der Waals surface area contributed by atoms with Gasteiger partial charge in [-0.15, -0.1) is 0 Å². The molecule has 0 bridgehead atoms. The fourth-order valence-electron chi connectivity index (χ4n) is 1.98. The van der Waals surface area contributed by atoms with Gasteiger partial charge in [0.2, 0.25) is 0 Å². The standard InChI is InChI=1S/C16H16FNO2/c1-10(19)13-7-8-15(17)14(9-13)11-3-5-12(6-4-11)16(20)18-2/h3-9,16,18,20H,1-2H3. The Morgan fingerprint density at radius 3 is 2.40 bits per heavy atom. The van der Waals surface area contributed by atoms with E-state index in [9.17, 15) is 14.3 Å². The van der Waals surface area contributed by atoms with E-state index in [2.05, 4.69) is 5.32 Å². The van der Waals surface area contributed by atoms with Crippen LogP contribution < -0.4 is 5.32 Å². The Morgan fingerprint density at radius 2 is 1.85 bits per heavy atom. The summed E-state index contributed by atoms with van der Waals surface area (Å²) >= 11 is 0. The quantitative estimate of drug-likeness (QED) is 0.665. The fourth-order valence-corrected chi connectivity index (χ4v) is 1.98. The lowest BCUT2D eigenvalue weighted by atomic mass is 9.99. The molecule has 0 heterocycles. The van der Waals surface area contributed by atoms with Crippen molar-refractivity contribution in [1.29, 1.82) is 0 Å². The van der Waals surface area contributed by atoms with Crippen LogP contribution in [0.5, 0.6) is 0 Å². The second-order valence-electron chi connectivity index (χ2n) is 4.56. The van der Waals surface area contributed by atoms with E-state index in [1.165, 1.54) is 19.1 Å². The van der Waals surface area contributed by atoms with E-state index >= 15 is 0 Å². The summed E-state index contributed by atoms with van der Waals surface area (Å²) in [6, 6.07) is 11.2. The van der Waals surface area contributed by atoms with Crippen LogP contribution in [0.25, 0.3) is 11.1 Å². The first kappa shape index (κ1) is 14.4. The van der Waals surface area contributed by atoms with E-state index in [0.717, 1.165) is 0 Å². The van der Waals surface area contributed by atoms with Crippen LogP contribution in [0.4, 0.5) is 4.39 Å². The predicted molar refractivity (Wildman–Crippen MR) is 75.9 cm³/mol. The Hall–Kier alpha value is -2.04. The van der Waals surface area contributed by atoms with E-state index in [-0.39, 0.29) is 11.6 Å². The predicted octanol–water partition coefficient (Wildman–Crippen LogP) is 2.91. The van der Waals surface area contributed by atoms with Gasteiger partial charge in [-0.1, -0.05) is 24.3 Å². The molecule has 0 aliphatic heterocycles. The summed E-state index contributed by atoms with van der Waals surface area (Å²) in [5.74, 6) is -0.481. The molecule has 0 aliphatic rings. The number of halogens is 1. The van der Waals surface area contributed by atoms with Crippen LogP contribution in [0.1, 0.15) is 29.1 Å². The molecule has 0 saturated heterocycles. The van der Waals surface area contributed by atoms with Crippen molar-refractivity contribution in [3.05, 3.63) is 59.4 Å². The second kappa shape index (κ2) is 5.94. The number of aliphatic hydroxyl groups excluding tert-OH is 1. The molecule has 1 atom stereocenters. The summed E-state index contributed by atoms with van der Waals surface area (Å²) < 4.78 is 13.9. The highest BCUT2D eigenvalue weighted by Gasteiger charge is 2.10. The largest absolute Gasteiger partial charge is 0.374 e. The number of Topliss-reactive ketones (excluding diaryl/α,β-unsaturated/α-hetero) is 1. The highest BCUT2D eigenvalue weighted by molar-refractivity contribution is 5.95. The highest BCUT2D eigenvalue weighted by Crippen LogP contribution is 2.25. The fraction of sp³-hybridized carbons (Fsp3) is 0.188. The van der Waals surface area contributed by atoms with Gasteiger partial charge in [0.1, 0.15) is 12.0 Å². The zero-order valence-electron chi connectivity index (χ0n) is 11.4. The normalized spacial score (nSPS) is 12.2. The van der Waals surface area contributed by atoms with Crippen molar-refractivity contribution in [2.24, 2.45) is 0 Å². The summed E-state index contributed by atoms with van der Waals surface area (Å²) in [7, 11) is 1.65. The molecule has 0 aromatic heterocycles. The second-order valence-corrected chi connectivity index (χ2v) is 4.56. The van der Waals surface area contributed by atoms with Crippen molar-refractivity contribution in [3.8, 4) is 11.1 Å². The molecule has 3 nitrogen and oxygen atoms in total. The van der Waals surface area contributed by atoms with Crippen molar-refractivity contribution in [3.63, 3.8) is 0 Å². The monoisotopic (exact) mass is 273 g/mol. The average Bonchev–Trinajstić information content (AvgIpc) is 2.47. The Morgan fingerprint density at radius 1 is 1.20 bits per heavy atom. The Balaban J connectivity index is 2.41. The Kier molecular flexibility index (Phi) is 4.27. The molecule has 0 spiro atoms. The molecule has 0 aliphatic carbocycles. The summed E-state index contributed by atoms with van der Waals surface area (Å²) in [6.07, 6.45) is -0.752. The minimum atomic E-state index is -0.752. The van der Waals surface area contributed by atoms with Crippen LogP contribution >= 0.6 is 0 Å². The van der Waals surface area contributed by atoms with E-state index in [1.54, 1.807) is 37.4 Å². The van der Waals surface area contributed by atoms with Crippen molar-refractivity contribution in [2.45, 2.75) is 13.2 Å². The zero-order chi connectivity index (χ0) is 14.7. The van der Waals surface area contributed by atoms with Crippen LogP contribution in [0, 0.1) is 5.82 Å². The first-order chi connectivity index (χ1) is 9.52. The van der Waals surface area contributed by atoms with E-state index in [0.29, 0.717) is 22.3 Å². The van der Waals surface area contributed by atoms with Crippen molar-refractivity contribution in [1.82, 2.24) is 5.32 Å². The lowest BCUT2D eigenvalue weighted by molar-refractivity contribution is 0.101. The number of hydrogen-bond donors (Lipinski definition) is 2. The molecular weight excluding hydrogens is 257 g/mol. The molecule has 1 unspecified atom stereocenters. The van der Waals surface area contributed by atoms with E-state index in [1.807, 2.05) is 0 Å². The third kappa shape index (κ3) is 2.92. The summed E-state index contributed by atoms with van der Waals surface area (Å²) in [5.41, 5.74) is 2.21. The van der Waals surface area contributed by atoms with Crippen molar-refractivity contribution < 1.29 is 14.3 Å². The highest BCUT2D eigenvalue weighted by atomic mass is 19.1. The molecule has 0 saturated carbocycles. The maximum atomic E-state index is 13.9. The molecule has 0 fully saturated rings. The summed E-state index contributed by atoms with van der Waals surface area (Å²) in [5, 5.41) is 12.3. The number of benzene rings is 2. The van der Waals surface area contributed by atoms with Gasteiger partial charge >= 0.3 is 0 Å². The van der Waals surface area contributed by atoms with Gasteiger partial charge in [0, 0.05) is 11.1 Å². The molecule has 2 aromatic rings. The van der Waals surface area contributed by atoms with Crippen LogP contribution in [0.2, 0.25) is 0 Å². The molecule has 2 aromatic carbocycles. The Labute approximate surface area is 117 Å². The van der Waals surface area contributed by atoms with Crippen LogP contribution in [-0.2, 0) is 0 Å². The maximum absolute atomic E-state index is 13.9. The van der Waals surface area contributed by atoms with Gasteiger partial charge in [0.25, 0.3) is 0 Å². The third-order valence-corrected chi connectivity index (χ3v) is 3.18. The number of hydrogen-bond acceptors (Lipinski definition) is 3. The van der Waals surface area contributed by atoms with Gasteiger partial charge in [-0.3, -0.25) is 10.1 Å². The van der Waals surface area contributed by atoms with Gasteiger partial charge in [0.15, 0.2) is 5.78 Å². The number of ketones is 1. The van der Waals surface area contributed by atoms with Gasteiger partial charge in [-0.05, 0) is 43.3 Å². The van der Waals surface area contributed by atoms with Crippen molar-refractivity contribution >= 4 is 5.78 Å². The minimum absolute atomic E-state index is 0.103. The van der Waals surface area contributed by atoms with Crippen LogP contribution in [0.15, 0.2) is 42.5 Å².